The second-order valence-corrected chi connectivity index (χ2v) is 14.8. The van der Waals surface area contributed by atoms with Crippen LogP contribution in [0, 0.1) is 46.3 Å². The van der Waals surface area contributed by atoms with Gasteiger partial charge in [0, 0.05) is 21.8 Å². The van der Waals surface area contributed by atoms with E-state index in [0.717, 1.165) is 48.3 Å². The zero-order chi connectivity index (χ0) is 23.1. The number of rotatable bonds is 8. The molecule has 4 aliphatic rings. The van der Waals surface area contributed by atoms with E-state index < -0.39 is 10.8 Å². The smallest absolute Gasteiger partial charge is 0.0415 e. The standard InChI is InChI=1S/C30H50OS/c1-7-19-32(31)24-15-17-29(5)23(20-24)11-12-25-27-14-13-26(22(4)10-8-9-21(2)3)30(27,6)18-16-28(25)29/h7,11,21-22,24-28H,1,8-10,12-20H2,2-6H3/t22-,24?,25+,26-,27+,28+,29+,30-,32?/m1/s1. The second-order valence-electron chi connectivity index (χ2n) is 13.0. The van der Waals surface area contributed by atoms with Crippen LogP contribution in [0.2, 0.25) is 0 Å². The number of fused-ring (bicyclic) bond motifs is 5. The molecule has 0 aromatic carbocycles. The summed E-state index contributed by atoms with van der Waals surface area (Å²) in [6.07, 6.45) is 19.3. The lowest BCUT2D eigenvalue weighted by atomic mass is 9.47. The molecule has 2 heteroatoms. The van der Waals surface area contributed by atoms with E-state index in [1.165, 1.54) is 57.8 Å². The van der Waals surface area contributed by atoms with E-state index in [1.807, 2.05) is 6.08 Å². The van der Waals surface area contributed by atoms with Crippen LogP contribution in [0.1, 0.15) is 105 Å². The van der Waals surface area contributed by atoms with Gasteiger partial charge in [-0.2, -0.15) is 0 Å². The normalized spacial score (nSPS) is 43.1. The van der Waals surface area contributed by atoms with Crippen molar-refractivity contribution in [2.45, 2.75) is 110 Å². The lowest BCUT2D eigenvalue weighted by molar-refractivity contribution is -0.0498. The molecule has 0 aliphatic heterocycles. The van der Waals surface area contributed by atoms with E-state index in [2.05, 4.69) is 47.3 Å². The zero-order valence-electron chi connectivity index (χ0n) is 21.7. The number of hydrogen-bond acceptors (Lipinski definition) is 1. The molecule has 1 nitrogen and oxygen atoms in total. The first-order valence-corrected chi connectivity index (χ1v) is 15.3. The SMILES string of the molecule is C=CCS(=O)C1CC[C@@]2(C)C(=CC[C@H]3[C@@H]4CC[C@H]([C@H](C)CCCC(C)C)[C@@]4(C)CC[C@@H]32)C1. The molecule has 0 aromatic rings. The second kappa shape index (κ2) is 9.71. The minimum atomic E-state index is -0.736. The average molecular weight is 459 g/mol. The summed E-state index contributed by atoms with van der Waals surface area (Å²) in [5.41, 5.74) is 2.62. The van der Waals surface area contributed by atoms with E-state index in [4.69, 9.17) is 0 Å². The van der Waals surface area contributed by atoms with Crippen LogP contribution in [0.25, 0.3) is 0 Å². The zero-order valence-corrected chi connectivity index (χ0v) is 22.5. The number of allylic oxidation sites excluding steroid dienone is 2. The summed E-state index contributed by atoms with van der Waals surface area (Å²) in [7, 11) is -0.736. The van der Waals surface area contributed by atoms with Gasteiger partial charge >= 0.3 is 0 Å². The van der Waals surface area contributed by atoms with Gasteiger partial charge in [0.15, 0.2) is 0 Å². The van der Waals surface area contributed by atoms with Crippen LogP contribution in [-0.4, -0.2) is 15.2 Å². The fraction of sp³-hybridized carbons (Fsp3) is 0.867. The van der Waals surface area contributed by atoms with Crippen LogP contribution in [-0.2, 0) is 10.8 Å². The molecule has 0 amide bonds. The molecular weight excluding hydrogens is 408 g/mol. The van der Waals surface area contributed by atoms with Crippen molar-refractivity contribution < 1.29 is 4.21 Å². The molecule has 0 spiro atoms. The minimum absolute atomic E-state index is 0.361. The summed E-state index contributed by atoms with van der Waals surface area (Å²) in [5, 5.41) is 0.361. The van der Waals surface area contributed by atoms with Crippen LogP contribution in [0.3, 0.4) is 0 Å². The van der Waals surface area contributed by atoms with Gasteiger partial charge < -0.3 is 0 Å². The summed E-state index contributed by atoms with van der Waals surface area (Å²) in [6.45, 7) is 16.4. The predicted octanol–water partition coefficient (Wildman–Crippen LogP) is 8.33. The van der Waals surface area contributed by atoms with Crippen LogP contribution < -0.4 is 0 Å². The van der Waals surface area contributed by atoms with Gasteiger partial charge in [-0.25, -0.2) is 0 Å². The van der Waals surface area contributed by atoms with E-state index in [9.17, 15) is 4.21 Å². The lowest BCUT2D eigenvalue weighted by Gasteiger charge is -2.58. The van der Waals surface area contributed by atoms with Gasteiger partial charge in [0.1, 0.15) is 0 Å². The Labute approximate surface area is 201 Å². The summed E-state index contributed by atoms with van der Waals surface area (Å²) >= 11 is 0. The maximum absolute atomic E-state index is 12.7. The maximum Gasteiger partial charge on any atom is 0.0415 e. The van der Waals surface area contributed by atoms with Crippen LogP contribution in [0.5, 0.6) is 0 Å². The first kappa shape index (κ1) is 24.7. The van der Waals surface area contributed by atoms with Crippen molar-refractivity contribution in [1.29, 1.82) is 0 Å². The van der Waals surface area contributed by atoms with Gasteiger partial charge in [-0.1, -0.05) is 71.6 Å². The van der Waals surface area contributed by atoms with Crippen LogP contribution >= 0.6 is 0 Å². The van der Waals surface area contributed by atoms with Gasteiger partial charge in [-0.3, -0.25) is 4.21 Å². The highest BCUT2D eigenvalue weighted by atomic mass is 32.2. The molecule has 32 heavy (non-hydrogen) atoms. The largest absolute Gasteiger partial charge is 0.259 e. The molecule has 0 aromatic heterocycles. The van der Waals surface area contributed by atoms with Gasteiger partial charge in [-0.15, -0.1) is 6.58 Å². The highest BCUT2D eigenvalue weighted by Gasteiger charge is 2.59. The molecule has 0 heterocycles. The maximum atomic E-state index is 12.7. The third-order valence-electron chi connectivity index (χ3n) is 10.9. The summed E-state index contributed by atoms with van der Waals surface area (Å²) in [4.78, 5) is 0. The lowest BCUT2D eigenvalue weighted by Crippen LogP contribution is -2.51. The molecule has 0 saturated heterocycles. The minimum Gasteiger partial charge on any atom is -0.259 e. The van der Waals surface area contributed by atoms with Crippen LogP contribution in [0.4, 0.5) is 0 Å². The molecule has 3 fully saturated rings. The van der Waals surface area contributed by atoms with Crippen molar-refractivity contribution in [3.8, 4) is 0 Å². The fourth-order valence-corrected chi connectivity index (χ4v) is 10.4. The molecule has 2 unspecified atom stereocenters. The molecule has 9 atom stereocenters. The Hall–Kier alpha value is -0.370. The Kier molecular flexibility index (Phi) is 7.51. The molecule has 0 N–H and O–H groups in total. The third-order valence-corrected chi connectivity index (χ3v) is 12.6. The van der Waals surface area contributed by atoms with Crippen LogP contribution in [0.15, 0.2) is 24.3 Å². The van der Waals surface area contributed by atoms with Gasteiger partial charge in [-0.05, 0) is 97.7 Å². The van der Waals surface area contributed by atoms with Crippen molar-refractivity contribution in [1.82, 2.24) is 0 Å². The first-order chi connectivity index (χ1) is 15.2. The Balaban J connectivity index is 1.47. The highest BCUT2D eigenvalue weighted by molar-refractivity contribution is 7.85. The van der Waals surface area contributed by atoms with Gasteiger partial charge in [0.25, 0.3) is 0 Å². The van der Waals surface area contributed by atoms with Crippen molar-refractivity contribution in [3.63, 3.8) is 0 Å². The van der Waals surface area contributed by atoms with E-state index in [-0.39, 0.29) is 0 Å². The Morgan fingerprint density at radius 1 is 1.09 bits per heavy atom. The topological polar surface area (TPSA) is 17.1 Å². The molecular formula is C30H50OS. The summed E-state index contributed by atoms with van der Waals surface area (Å²) < 4.78 is 12.7. The van der Waals surface area contributed by atoms with Crippen molar-refractivity contribution in [3.05, 3.63) is 24.3 Å². The fourth-order valence-electron chi connectivity index (χ4n) is 9.13. The Morgan fingerprint density at radius 3 is 2.59 bits per heavy atom. The Morgan fingerprint density at radius 2 is 1.88 bits per heavy atom. The molecule has 182 valence electrons. The predicted molar refractivity (Wildman–Crippen MR) is 140 cm³/mol. The van der Waals surface area contributed by atoms with Gasteiger partial charge in [0.2, 0.25) is 0 Å². The summed E-state index contributed by atoms with van der Waals surface area (Å²) in [5.74, 6) is 6.03. The average Bonchev–Trinajstić information content (AvgIpc) is 3.10. The van der Waals surface area contributed by atoms with Crippen molar-refractivity contribution in [2.24, 2.45) is 46.3 Å². The molecule has 4 rings (SSSR count). The monoisotopic (exact) mass is 458 g/mol. The van der Waals surface area contributed by atoms with Crippen molar-refractivity contribution in [2.75, 3.05) is 5.75 Å². The third kappa shape index (κ3) is 4.36. The van der Waals surface area contributed by atoms with E-state index in [0.29, 0.717) is 21.8 Å². The highest BCUT2D eigenvalue weighted by Crippen LogP contribution is 2.67. The summed E-state index contributed by atoms with van der Waals surface area (Å²) in [6, 6.07) is 0. The molecule has 4 aliphatic carbocycles. The molecule has 0 radical (unpaired) electrons. The van der Waals surface area contributed by atoms with E-state index in [1.54, 1.807) is 5.57 Å². The van der Waals surface area contributed by atoms with E-state index >= 15 is 0 Å². The Bertz CT molecular complexity index is 737. The molecule has 3 saturated carbocycles. The first-order valence-electron chi connectivity index (χ1n) is 13.9. The van der Waals surface area contributed by atoms with Gasteiger partial charge in [0.05, 0.1) is 0 Å². The quantitative estimate of drug-likeness (QED) is 0.334. The molecule has 0 bridgehead atoms. The van der Waals surface area contributed by atoms with Crippen molar-refractivity contribution >= 4 is 10.8 Å². The number of hydrogen-bond donors (Lipinski definition) is 0.